The van der Waals surface area contributed by atoms with Crippen LogP contribution in [0.25, 0.3) is 0 Å². The molecule has 2 aliphatic rings. The number of carbonyl (C=O) groups is 4. The Bertz CT molecular complexity index is 832. The fourth-order valence-electron chi connectivity index (χ4n) is 3.62. The first-order chi connectivity index (χ1) is 13.8. The molecule has 9 heteroatoms. The molecule has 2 amide bonds. The van der Waals surface area contributed by atoms with Crippen molar-refractivity contribution in [2.24, 2.45) is 0 Å². The number of amides is 2. The van der Waals surface area contributed by atoms with Gasteiger partial charge in [-0.1, -0.05) is 6.07 Å². The molecule has 0 aliphatic carbocycles. The molecule has 2 aliphatic heterocycles. The van der Waals surface area contributed by atoms with Crippen LogP contribution in [0.5, 0.6) is 0 Å². The lowest BCUT2D eigenvalue weighted by atomic mass is 10.1. The lowest BCUT2D eigenvalue weighted by molar-refractivity contribution is -0.177. The largest absolute Gasteiger partial charge is 0.478 e. The van der Waals surface area contributed by atoms with Crippen LogP contribution in [0.3, 0.4) is 0 Å². The number of carboxylic acid groups (broad SMARTS) is 1. The zero-order valence-electron chi connectivity index (χ0n) is 16.4. The van der Waals surface area contributed by atoms with Crippen LogP contribution < -0.4 is 4.90 Å². The second-order valence-corrected chi connectivity index (χ2v) is 7.15. The van der Waals surface area contributed by atoms with E-state index in [1.54, 1.807) is 30.0 Å². The summed E-state index contributed by atoms with van der Waals surface area (Å²) in [5.74, 6) is -3.00. The van der Waals surface area contributed by atoms with Crippen molar-refractivity contribution in [3.05, 3.63) is 29.3 Å². The number of ether oxygens (including phenoxy) is 2. The predicted molar refractivity (Wildman–Crippen MR) is 102 cm³/mol. The first-order valence-corrected chi connectivity index (χ1v) is 9.52. The number of rotatable bonds is 5. The molecule has 0 radical (unpaired) electrons. The standard InChI is InChI=1S/C20H24N2O7/c1-12-5-6-14(18(24)21-7-3-4-8-21)11-15(12)22-9-10-28-16(19(22)25)17(20(26)27)29-13(2)23/h5-6,11,16-17H,3-4,7-10H2,1-2H3,(H,26,27)/t16-,17-/m1/s1. The summed E-state index contributed by atoms with van der Waals surface area (Å²) in [6, 6.07) is 5.13. The van der Waals surface area contributed by atoms with E-state index in [0.717, 1.165) is 25.3 Å². The summed E-state index contributed by atoms with van der Waals surface area (Å²) in [5.41, 5.74) is 1.75. The normalized spacial score (nSPS) is 20.5. The number of anilines is 1. The highest BCUT2D eigenvalue weighted by Gasteiger charge is 2.43. The van der Waals surface area contributed by atoms with Crippen LogP contribution in [0, 0.1) is 6.92 Å². The molecular formula is C20H24N2O7. The van der Waals surface area contributed by atoms with Gasteiger partial charge in [0, 0.05) is 37.8 Å². The van der Waals surface area contributed by atoms with Crippen LogP contribution in [0.15, 0.2) is 18.2 Å². The number of likely N-dealkylation sites (tertiary alicyclic amines) is 1. The van der Waals surface area contributed by atoms with E-state index < -0.39 is 30.1 Å². The monoisotopic (exact) mass is 404 g/mol. The van der Waals surface area contributed by atoms with E-state index in [-0.39, 0.29) is 19.1 Å². The first-order valence-electron chi connectivity index (χ1n) is 9.52. The summed E-state index contributed by atoms with van der Waals surface area (Å²) in [5, 5.41) is 9.36. The highest BCUT2D eigenvalue weighted by atomic mass is 16.6. The van der Waals surface area contributed by atoms with E-state index in [0.29, 0.717) is 24.3 Å². The highest BCUT2D eigenvalue weighted by Crippen LogP contribution is 2.27. The Balaban J connectivity index is 1.88. The van der Waals surface area contributed by atoms with Crippen molar-refractivity contribution in [2.75, 3.05) is 31.1 Å². The predicted octanol–water partition coefficient (Wildman–Crippen LogP) is 0.979. The van der Waals surface area contributed by atoms with Gasteiger partial charge in [0.05, 0.1) is 6.61 Å². The Labute approximate surface area is 168 Å². The van der Waals surface area contributed by atoms with Gasteiger partial charge in [0.1, 0.15) is 0 Å². The lowest BCUT2D eigenvalue weighted by Crippen LogP contribution is -2.55. The highest BCUT2D eigenvalue weighted by molar-refractivity contribution is 6.02. The lowest BCUT2D eigenvalue weighted by Gasteiger charge is -2.35. The summed E-state index contributed by atoms with van der Waals surface area (Å²) < 4.78 is 10.1. The number of benzene rings is 1. The summed E-state index contributed by atoms with van der Waals surface area (Å²) in [6.07, 6.45) is -1.25. The Morgan fingerprint density at radius 3 is 2.52 bits per heavy atom. The molecule has 1 N–H and O–H groups in total. The number of hydrogen-bond donors (Lipinski definition) is 1. The smallest absolute Gasteiger partial charge is 0.348 e. The molecule has 29 heavy (non-hydrogen) atoms. The van der Waals surface area contributed by atoms with Gasteiger partial charge in [0.15, 0.2) is 6.10 Å². The van der Waals surface area contributed by atoms with E-state index in [1.165, 1.54) is 4.90 Å². The Kier molecular flexibility index (Phi) is 6.17. The van der Waals surface area contributed by atoms with Crippen LogP contribution in [0.1, 0.15) is 35.7 Å². The van der Waals surface area contributed by atoms with Gasteiger partial charge in [-0.05, 0) is 37.5 Å². The molecule has 0 aromatic heterocycles. The van der Waals surface area contributed by atoms with E-state index in [1.807, 2.05) is 0 Å². The molecule has 0 spiro atoms. The van der Waals surface area contributed by atoms with E-state index in [9.17, 15) is 24.3 Å². The second kappa shape index (κ2) is 8.60. The molecule has 2 atom stereocenters. The average Bonchev–Trinajstić information content (AvgIpc) is 3.21. The van der Waals surface area contributed by atoms with E-state index in [2.05, 4.69) is 0 Å². The molecule has 1 aromatic rings. The van der Waals surface area contributed by atoms with Gasteiger partial charge in [-0.2, -0.15) is 0 Å². The Hall–Kier alpha value is -2.94. The molecular weight excluding hydrogens is 380 g/mol. The minimum atomic E-state index is -1.74. The van der Waals surface area contributed by atoms with Gasteiger partial charge in [-0.15, -0.1) is 0 Å². The van der Waals surface area contributed by atoms with Crippen LogP contribution >= 0.6 is 0 Å². The number of aryl methyl sites for hydroxylation is 1. The van der Waals surface area contributed by atoms with Crippen molar-refractivity contribution in [1.82, 2.24) is 4.90 Å². The van der Waals surface area contributed by atoms with Crippen molar-refractivity contribution >= 4 is 29.4 Å². The third-order valence-corrected chi connectivity index (χ3v) is 5.07. The van der Waals surface area contributed by atoms with Gasteiger partial charge < -0.3 is 24.4 Å². The summed E-state index contributed by atoms with van der Waals surface area (Å²) >= 11 is 0. The maximum atomic E-state index is 13.0. The van der Waals surface area contributed by atoms with Crippen molar-refractivity contribution in [3.8, 4) is 0 Å². The molecule has 2 saturated heterocycles. The molecule has 0 unspecified atom stereocenters. The zero-order valence-corrected chi connectivity index (χ0v) is 16.4. The van der Waals surface area contributed by atoms with Crippen molar-refractivity contribution in [3.63, 3.8) is 0 Å². The van der Waals surface area contributed by atoms with Gasteiger partial charge in [0.2, 0.25) is 6.10 Å². The SMILES string of the molecule is CC(=O)O[C@@H](C(=O)O)[C@H]1OCCN(c2cc(C(=O)N3CCCC3)ccc2C)C1=O. The number of hydrogen-bond acceptors (Lipinski definition) is 6. The van der Waals surface area contributed by atoms with Crippen molar-refractivity contribution in [2.45, 2.75) is 38.9 Å². The quantitative estimate of drug-likeness (QED) is 0.728. The fourth-order valence-corrected chi connectivity index (χ4v) is 3.62. The number of aliphatic carboxylic acids is 1. The van der Waals surface area contributed by atoms with Crippen LogP contribution in [0.2, 0.25) is 0 Å². The second-order valence-electron chi connectivity index (χ2n) is 7.15. The number of carboxylic acids is 1. The summed E-state index contributed by atoms with van der Waals surface area (Å²) in [7, 11) is 0. The molecule has 1 aromatic carbocycles. The first kappa shape index (κ1) is 20.8. The molecule has 0 bridgehead atoms. The molecule has 2 heterocycles. The minimum absolute atomic E-state index is 0.0746. The van der Waals surface area contributed by atoms with Gasteiger partial charge in [0.25, 0.3) is 11.8 Å². The van der Waals surface area contributed by atoms with Crippen LogP contribution in [-0.4, -0.2) is 72.2 Å². The number of morpholine rings is 1. The third kappa shape index (κ3) is 4.40. The van der Waals surface area contributed by atoms with Crippen molar-refractivity contribution < 1.29 is 33.8 Å². The fraction of sp³-hybridized carbons (Fsp3) is 0.500. The number of nitrogens with zero attached hydrogens (tertiary/aromatic N) is 2. The van der Waals surface area contributed by atoms with E-state index >= 15 is 0 Å². The molecule has 0 saturated carbocycles. The summed E-state index contributed by atoms with van der Waals surface area (Å²) in [6.45, 7) is 4.57. The van der Waals surface area contributed by atoms with Gasteiger partial charge in [-0.3, -0.25) is 14.4 Å². The Morgan fingerprint density at radius 1 is 1.21 bits per heavy atom. The zero-order chi connectivity index (χ0) is 21.1. The van der Waals surface area contributed by atoms with E-state index in [4.69, 9.17) is 9.47 Å². The topological polar surface area (TPSA) is 113 Å². The maximum Gasteiger partial charge on any atom is 0.348 e. The third-order valence-electron chi connectivity index (χ3n) is 5.07. The average molecular weight is 404 g/mol. The summed E-state index contributed by atoms with van der Waals surface area (Å²) in [4.78, 5) is 51.6. The van der Waals surface area contributed by atoms with Gasteiger partial charge in [-0.25, -0.2) is 4.79 Å². The van der Waals surface area contributed by atoms with Crippen LogP contribution in [-0.2, 0) is 23.9 Å². The van der Waals surface area contributed by atoms with Crippen LogP contribution in [0.4, 0.5) is 5.69 Å². The minimum Gasteiger partial charge on any atom is -0.478 e. The Morgan fingerprint density at radius 2 is 1.90 bits per heavy atom. The maximum absolute atomic E-state index is 13.0. The van der Waals surface area contributed by atoms with Gasteiger partial charge >= 0.3 is 11.9 Å². The number of carbonyl (C=O) groups excluding carboxylic acids is 3. The molecule has 2 fully saturated rings. The number of esters is 1. The van der Waals surface area contributed by atoms with Crippen molar-refractivity contribution in [1.29, 1.82) is 0 Å². The molecule has 3 rings (SSSR count). The molecule has 9 nitrogen and oxygen atoms in total. The molecule has 156 valence electrons.